The molecule has 5 heteroatoms. The molecule has 0 radical (unpaired) electrons. The van der Waals surface area contributed by atoms with Crippen LogP contribution in [0.5, 0.6) is 5.88 Å². The van der Waals surface area contributed by atoms with Crippen LogP contribution in [0.4, 0.5) is 5.95 Å². The van der Waals surface area contributed by atoms with E-state index in [0.717, 1.165) is 12.1 Å². The van der Waals surface area contributed by atoms with Crippen LogP contribution < -0.4 is 10.1 Å². The van der Waals surface area contributed by atoms with Gasteiger partial charge in [-0.2, -0.15) is 4.98 Å². The molecule has 100 valence electrons. The van der Waals surface area contributed by atoms with E-state index in [4.69, 9.17) is 16.3 Å². The molecule has 0 spiro atoms. The van der Waals surface area contributed by atoms with Crippen molar-refractivity contribution in [2.24, 2.45) is 5.92 Å². The first-order valence-electron chi connectivity index (χ1n) is 6.55. The Labute approximate surface area is 113 Å². The molecule has 1 aliphatic carbocycles. The van der Waals surface area contributed by atoms with Crippen molar-refractivity contribution < 1.29 is 4.74 Å². The van der Waals surface area contributed by atoms with Gasteiger partial charge < -0.3 is 10.1 Å². The van der Waals surface area contributed by atoms with Gasteiger partial charge in [-0.1, -0.05) is 6.92 Å². The van der Waals surface area contributed by atoms with Gasteiger partial charge in [0.05, 0.1) is 12.0 Å². The molecular formula is C13H20ClN3O. The SMILES string of the molecule is CCCOc1cc(C)nc(NCC(Cl)C2CC2)n1. The van der Waals surface area contributed by atoms with Crippen molar-refractivity contribution >= 4 is 17.5 Å². The molecule has 0 amide bonds. The minimum absolute atomic E-state index is 0.175. The molecule has 2 rings (SSSR count). The summed E-state index contributed by atoms with van der Waals surface area (Å²) < 4.78 is 5.52. The molecule has 1 fully saturated rings. The van der Waals surface area contributed by atoms with Crippen molar-refractivity contribution in [3.05, 3.63) is 11.8 Å². The molecule has 1 atom stereocenters. The highest BCUT2D eigenvalue weighted by molar-refractivity contribution is 6.21. The van der Waals surface area contributed by atoms with Gasteiger partial charge in [-0.25, -0.2) is 4.98 Å². The summed E-state index contributed by atoms with van der Waals surface area (Å²) in [7, 11) is 0. The average Bonchev–Trinajstić information content (AvgIpc) is 3.17. The number of aromatic nitrogens is 2. The quantitative estimate of drug-likeness (QED) is 0.773. The largest absolute Gasteiger partial charge is 0.478 e. The van der Waals surface area contributed by atoms with Crippen LogP contribution in [0.1, 0.15) is 31.9 Å². The molecule has 1 unspecified atom stereocenters. The van der Waals surface area contributed by atoms with E-state index < -0.39 is 0 Å². The standard InChI is InChI=1S/C13H20ClN3O/c1-3-6-18-12-7-9(2)16-13(17-12)15-8-11(14)10-4-5-10/h7,10-11H,3-6,8H2,1-2H3,(H,15,16,17). The molecule has 1 aliphatic rings. The summed E-state index contributed by atoms with van der Waals surface area (Å²) in [6.07, 6.45) is 3.46. The predicted molar refractivity (Wildman–Crippen MR) is 73.4 cm³/mol. The topological polar surface area (TPSA) is 47.0 Å². The van der Waals surface area contributed by atoms with Crippen LogP contribution in [-0.2, 0) is 0 Å². The number of hydrogen-bond donors (Lipinski definition) is 1. The normalized spacial score (nSPS) is 16.4. The van der Waals surface area contributed by atoms with Crippen LogP contribution >= 0.6 is 11.6 Å². The lowest BCUT2D eigenvalue weighted by molar-refractivity contribution is 0.305. The van der Waals surface area contributed by atoms with Gasteiger partial charge >= 0.3 is 0 Å². The van der Waals surface area contributed by atoms with E-state index in [1.54, 1.807) is 0 Å². The zero-order valence-corrected chi connectivity index (χ0v) is 11.7. The number of ether oxygens (including phenoxy) is 1. The van der Waals surface area contributed by atoms with E-state index in [2.05, 4.69) is 22.2 Å². The van der Waals surface area contributed by atoms with Crippen LogP contribution in [0.15, 0.2) is 6.07 Å². The molecular weight excluding hydrogens is 250 g/mol. The number of nitrogens with zero attached hydrogens (tertiary/aromatic N) is 2. The molecule has 0 aromatic carbocycles. The van der Waals surface area contributed by atoms with Crippen molar-refractivity contribution in [1.29, 1.82) is 0 Å². The summed E-state index contributed by atoms with van der Waals surface area (Å²) in [5.74, 6) is 1.90. The molecule has 1 saturated carbocycles. The Bertz CT molecular complexity index is 396. The molecule has 0 aliphatic heterocycles. The first-order valence-corrected chi connectivity index (χ1v) is 6.99. The fourth-order valence-corrected chi connectivity index (χ4v) is 2.04. The number of hydrogen-bond acceptors (Lipinski definition) is 4. The van der Waals surface area contributed by atoms with Gasteiger partial charge in [-0.3, -0.25) is 0 Å². The van der Waals surface area contributed by atoms with Crippen molar-refractivity contribution in [1.82, 2.24) is 9.97 Å². The number of rotatable bonds is 7. The predicted octanol–water partition coefficient (Wildman–Crippen LogP) is 3.00. The van der Waals surface area contributed by atoms with Gasteiger partial charge in [-0.05, 0) is 32.1 Å². The molecule has 1 aromatic rings. The highest BCUT2D eigenvalue weighted by Crippen LogP contribution is 2.35. The lowest BCUT2D eigenvalue weighted by atomic mass is 10.3. The Morgan fingerprint density at radius 1 is 1.50 bits per heavy atom. The number of alkyl halides is 1. The molecule has 1 N–H and O–H groups in total. The maximum Gasteiger partial charge on any atom is 0.226 e. The summed E-state index contributed by atoms with van der Waals surface area (Å²) in [6, 6.07) is 1.85. The van der Waals surface area contributed by atoms with Gasteiger partial charge in [0.2, 0.25) is 11.8 Å². The Balaban J connectivity index is 1.91. The van der Waals surface area contributed by atoms with Gasteiger partial charge in [0.1, 0.15) is 0 Å². The maximum atomic E-state index is 6.24. The Morgan fingerprint density at radius 3 is 2.94 bits per heavy atom. The minimum atomic E-state index is 0.175. The highest BCUT2D eigenvalue weighted by atomic mass is 35.5. The van der Waals surface area contributed by atoms with Crippen LogP contribution in [0.3, 0.4) is 0 Å². The van der Waals surface area contributed by atoms with E-state index in [1.807, 2.05) is 13.0 Å². The van der Waals surface area contributed by atoms with E-state index in [0.29, 0.717) is 30.9 Å². The van der Waals surface area contributed by atoms with Gasteiger partial charge in [0.25, 0.3) is 0 Å². The van der Waals surface area contributed by atoms with Gasteiger partial charge in [-0.15, -0.1) is 11.6 Å². The van der Waals surface area contributed by atoms with Crippen LogP contribution in [0, 0.1) is 12.8 Å². The minimum Gasteiger partial charge on any atom is -0.478 e. The molecule has 18 heavy (non-hydrogen) atoms. The molecule has 0 saturated heterocycles. The summed E-state index contributed by atoms with van der Waals surface area (Å²) in [6.45, 7) is 5.39. The smallest absolute Gasteiger partial charge is 0.226 e. The number of aryl methyl sites for hydroxylation is 1. The second-order valence-corrected chi connectivity index (χ2v) is 5.31. The summed E-state index contributed by atoms with van der Waals surface area (Å²) in [5, 5.41) is 3.36. The maximum absolute atomic E-state index is 6.24. The number of anilines is 1. The van der Waals surface area contributed by atoms with E-state index in [-0.39, 0.29) is 5.38 Å². The van der Waals surface area contributed by atoms with Crippen LogP contribution in [0.2, 0.25) is 0 Å². The van der Waals surface area contributed by atoms with Crippen molar-refractivity contribution in [3.63, 3.8) is 0 Å². The first kappa shape index (κ1) is 13.4. The van der Waals surface area contributed by atoms with Crippen molar-refractivity contribution in [2.75, 3.05) is 18.5 Å². The van der Waals surface area contributed by atoms with E-state index in [9.17, 15) is 0 Å². The Morgan fingerprint density at radius 2 is 2.28 bits per heavy atom. The van der Waals surface area contributed by atoms with E-state index >= 15 is 0 Å². The second-order valence-electron chi connectivity index (χ2n) is 4.75. The lowest BCUT2D eigenvalue weighted by Crippen LogP contribution is -2.17. The third-order valence-corrected chi connectivity index (χ3v) is 3.38. The highest BCUT2D eigenvalue weighted by Gasteiger charge is 2.29. The molecule has 1 aromatic heterocycles. The third kappa shape index (κ3) is 4.02. The fraction of sp³-hybridized carbons (Fsp3) is 0.692. The summed E-state index contributed by atoms with van der Waals surface area (Å²) >= 11 is 6.24. The average molecular weight is 270 g/mol. The van der Waals surface area contributed by atoms with Crippen molar-refractivity contribution in [3.8, 4) is 5.88 Å². The number of nitrogens with one attached hydrogen (secondary N) is 1. The monoisotopic (exact) mass is 269 g/mol. The Kier molecular flexibility index (Phi) is 4.64. The van der Waals surface area contributed by atoms with E-state index in [1.165, 1.54) is 12.8 Å². The molecule has 4 nitrogen and oxygen atoms in total. The number of halogens is 1. The lowest BCUT2D eigenvalue weighted by Gasteiger charge is -2.11. The fourth-order valence-electron chi connectivity index (χ4n) is 1.71. The van der Waals surface area contributed by atoms with Gasteiger partial charge in [0, 0.05) is 18.3 Å². The molecule has 1 heterocycles. The van der Waals surface area contributed by atoms with Crippen LogP contribution in [-0.4, -0.2) is 28.5 Å². The first-order chi connectivity index (χ1) is 8.69. The third-order valence-electron chi connectivity index (χ3n) is 2.87. The molecule has 0 bridgehead atoms. The second kappa shape index (κ2) is 6.23. The van der Waals surface area contributed by atoms with Crippen LogP contribution in [0.25, 0.3) is 0 Å². The van der Waals surface area contributed by atoms with Gasteiger partial charge in [0.15, 0.2) is 0 Å². The summed E-state index contributed by atoms with van der Waals surface area (Å²) in [4.78, 5) is 8.65. The Hall–Kier alpha value is -1.03. The van der Waals surface area contributed by atoms with Crippen molar-refractivity contribution in [2.45, 2.75) is 38.5 Å². The summed E-state index contributed by atoms with van der Waals surface area (Å²) in [5.41, 5.74) is 0.899. The zero-order chi connectivity index (χ0) is 13.0. The zero-order valence-electron chi connectivity index (χ0n) is 10.9.